The number of anilines is 1. The van der Waals surface area contributed by atoms with Gasteiger partial charge in [0.1, 0.15) is 6.23 Å². The maximum Gasteiger partial charge on any atom is 0.409 e. The number of nitrogens with zero attached hydrogens (tertiary/aromatic N) is 1. The predicted octanol–water partition coefficient (Wildman–Crippen LogP) is 2.70. The molecule has 0 aliphatic carbocycles. The highest BCUT2D eigenvalue weighted by Gasteiger charge is 2.08. The van der Waals surface area contributed by atoms with E-state index >= 15 is 0 Å². The number of pyridine rings is 1. The smallest absolute Gasteiger partial charge is 0.409 e. The molecule has 7 nitrogen and oxygen atoms in total. The Bertz CT molecular complexity index is 735. The molecule has 1 heterocycles. The number of rotatable bonds is 6. The summed E-state index contributed by atoms with van der Waals surface area (Å²) in [6.45, 7) is 1.62. The van der Waals surface area contributed by atoms with Crippen molar-refractivity contribution in [2.75, 3.05) is 11.9 Å². The number of aliphatic hydroxyl groups is 1. The third-order valence-corrected chi connectivity index (χ3v) is 3.56. The number of aliphatic hydroxyl groups excluding tert-OH is 1. The summed E-state index contributed by atoms with van der Waals surface area (Å²) < 4.78 is 5.66. The van der Waals surface area contributed by atoms with E-state index in [9.17, 15) is 9.59 Å². The van der Waals surface area contributed by atoms with Crippen LogP contribution in [0.25, 0.3) is 0 Å². The van der Waals surface area contributed by atoms with Crippen molar-refractivity contribution in [3.63, 3.8) is 0 Å². The number of nitrogens with one attached hydrogen (secondary N) is 2. The summed E-state index contributed by atoms with van der Waals surface area (Å²) in [5, 5.41) is 14.0. The molecule has 1 atom stereocenters. The van der Waals surface area contributed by atoms with Crippen LogP contribution in [0.4, 0.5) is 10.5 Å². The molecule has 8 heteroatoms. The standard InChI is InChI=1S/C17H18BrN3O4/c1-11(22)20-17(24)25-7-6-12-2-4-15(5-3-12)21-16(23)13-8-14(18)10-19-9-13/h2-5,8-11,22H,6-7H2,1H3,(H,20,24)(H,21,23). The van der Waals surface area contributed by atoms with Crippen LogP contribution in [-0.2, 0) is 11.2 Å². The van der Waals surface area contributed by atoms with Crippen molar-refractivity contribution in [2.24, 2.45) is 0 Å². The molecule has 0 aliphatic rings. The molecular weight excluding hydrogens is 390 g/mol. The lowest BCUT2D eigenvalue weighted by atomic mass is 10.1. The van der Waals surface area contributed by atoms with Crippen LogP contribution in [0, 0.1) is 0 Å². The van der Waals surface area contributed by atoms with Crippen molar-refractivity contribution >= 4 is 33.6 Å². The first-order chi connectivity index (χ1) is 11.9. The quantitative estimate of drug-likeness (QED) is 0.639. The number of benzene rings is 1. The normalized spacial score (nSPS) is 11.5. The van der Waals surface area contributed by atoms with Crippen LogP contribution >= 0.6 is 15.9 Å². The molecule has 132 valence electrons. The molecule has 1 aromatic heterocycles. The molecule has 0 saturated carbocycles. The van der Waals surface area contributed by atoms with Crippen LogP contribution in [-0.4, -0.2) is 34.9 Å². The first-order valence-corrected chi connectivity index (χ1v) is 8.35. The Morgan fingerprint density at radius 3 is 2.64 bits per heavy atom. The van der Waals surface area contributed by atoms with Crippen molar-refractivity contribution in [3.8, 4) is 0 Å². The number of aromatic nitrogens is 1. The van der Waals surface area contributed by atoms with Gasteiger partial charge in [-0.1, -0.05) is 12.1 Å². The number of carbonyl (C=O) groups excluding carboxylic acids is 2. The fourth-order valence-electron chi connectivity index (χ4n) is 1.97. The van der Waals surface area contributed by atoms with Gasteiger partial charge in [-0.25, -0.2) is 4.79 Å². The molecule has 2 rings (SSSR count). The number of amides is 2. The van der Waals surface area contributed by atoms with Crippen molar-refractivity contribution in [2.45, 2.75) is 19.6 Å². The predicted molar refractivity (Wildman–Crippen MR) is 96.2 cm³/mol. The summed E-state index contributed by atoms with van der Waals surface area (Å²) in [6.07, 6.45) is 2.01. The summed E-state index contributed by atoms with van der Waals surface area (Å²) >= 11 is 3.28. The van der Waals surface area contributed by atoms with E-state index in [1.54, 1.807) is 24.4 Å². The van der Waals surface area contributed by atoms with Gasteiger partial charge in [-0.2, -0.15) is 0 Å². The van der Waals surface area contributed by atoms with E-state index in [0.29, 0.717) is 17.7 Å². The van der Waals surface area contributed by atoms with Gasteiger partial charge in [-0.3, -0.25) is 15.1 Å². The van der Waals surface area contributed by atoms with E-state index in [0.717, 1.165) is 10.0 Å². The maximum absolute atomic E-state index is 12.1. The fraction of sp³-hybridized carbons (Fsp3) is 0.235. The lowest BCUT2D eigenvalue weighted by Gasteiger charge is -2.09. The summed E-state index contributed by atoms with van der Waals surface area (Å²) in [5.74, 6) is -0.250. The highest BCUT2D eigenvalue weighted by Crippen LogP contribution is 2.14. The van der Waals surface area contributed by atoms with Crippen LogP contribution in [0.15, 0.2) is 47.2 Å². The first-order valence-electron chi connectivity index (χ1n) is 7.56. The highest BCUT2D eigenvalue weighted by molar-refractivity contribution is 9.10. The zero-order chi connectivity index (χ0) is 18.2. The number of carbonyl (C=O) groups is 2. The molecule has 0 spiro atoms. The molecule has 0 bridgehead atoms. The second kappa shape index (κ2) is 9.14. The number of halogens is 1. The lowest BCUT2D eigenvalue weighted by molar-refractivity contribution is 0.102. The number of alkyl carbamates (subject to hydrolysis) is 1. The van der Waals surface area contributed by atoms with Crippen molar-refractivity contribution in [1.29, 1.82) is 0 Å². The third kappa shape index (κ3) is 6.52. The van der Waals surface area contributed by atoms with Crippen LogP contribution in [0.3, 0.4) is 0 Å². The van der Waals surface area contributed by atoms with Gasteiger partial charge in [0.2, 0.25) is 0 Å². The van der Waals surface area contributed by atoms with E-state index in [1.165, 1.54) is 13.1 Å². The maximum atomic E-state index is 12.1. The molecule has 0 saturated heterocycles. The SMILES string of the molecule is CC(O)NC(=O)OCCc1ccc(NC(=O)c2cncc(Br)c2)cc1. The van der Waals surface area contributed by atoms with Crippen LogP contribution in [0.2, 0.25) is 0 Å². The lowest BCUT2D eigenvalue weighted by Crippen LogP contribution is -2.33. The van der Waals surface area contributed by atoms with Crippen molar-refractivity contribution in [1.82, 2.24) is 10.3 Å². The Morgan fingerprint density at radius 1 is 1.28 bits per heavy atom. The van der Waals surface area contributed by atoms with Crippen LogP contribution in [0.5, 0.6) is 0 Å². The van der Waals surface area contributed by atoms with Gasteiger partial charge in [0.15, 0.2) is 0 Å². The highest BCUT2D eigenvalue weighted by atomic mass is 79.9. The van der Waals surface area contributed by atoms with Gasteiger partial charge in [0.25, 0.3) is 5.91 Å². The van der Waals surface area contributed by atoms with Crippen LogP contribution in [0.1, 0.15) is 22.8 Å². The summed E-state index contributed by atoms with van der Waals surface area (Å²) in [7, 11) is 0. The average molecular weight is 408 g/mol. The summed E-state index contributed by atoms with van der Waals surface area (Å²) in [5.41, 5.74) is 2.06. The third-order valence-electron chi connectivity index (χ3n) is 3.13. The van der Waals surface area contributed by atoms with E-state index in [4.69, 9.17) is 9.84 Å². The monoisotopic (exact) mass is 407 g/mol. The van der Waals surface area contributed by atoms with Gasteiger partial charge in [-0.15, -0.1) is 0 Å². The minimum atomic E-state index is -0.948. The molecule has 25 heavy (non-hydrogen) atoms. The number of ether oxygens (including phenoxy) is 1. The fourth-order valence-corrected chi connectivity index (χ4v) is 2.33. The van der Waals surface area contributed by atoms with Crippen molar-refractivity contribution in [3.05, 3.63) is 58.3 Å². The molecule has 0 radical (unpaired) electrons. The van der Waals surface area contributed by atoms with Crippen molar-refractivity contribution < 1.29 is 19.4 Å². The second-order valence-corrected chi connectivity index (χ2v) is 6.16. The van der Waals surface area contributed by atoms with E-state index in [-0.39, 0.29) is 12.5 Å². The summed E-state index contributed by atoms with van der Waals surface area (Å²) in [4.78, 5) is 27.3. The number of hydrogen-bond acceptors (Lipinski definition) is 5. The molecule has 0 fully saturated rings. The minimum Gasteiger partial charge on any atom is -0.449 e. The van der Waals surface area contributed by atoms with Gasteiger partial charge in [0.05, 0.1) is 12.2 Å². The Morgan fingerprint density at radius 2 is 2.00 bits per heavy atom. The van der Waals surface area contributed by atoms with E-state index in [1.807, 2.05) is 12.1 Å². The molecule has 1 aromatic carbocycles. The Labute approximate surface area is 153 Å². The average Bonchev–Trinajstić information content (AvgIpc) is 2.55. The molecule has 2 aromatic rings. The Kier molecular flexibility index (Phi) is 6.91. The van der Waals surface area contributed by atoms with E-state index in [2.05, 4.69) is 31.5 Å². The Hall–Kier alpha value is -2.45. The molecule has 2 amide bonds. The van der Waals surface area contributed by atoms with Crippen LogP contribution < -0.4 is 10.6 Å². The summed E-state index contributed by atoms with van der Waals surface area (Å²) in [6, 6.07) is 8.91. The first kappa shape index (κ1) is 18.9. The van der Waals surface area contributed by atoms with Gasteiger partial charge in [0, 0.05) is 29.0 Å². The van der Waals surface area contributed by atoms with Gasteiger partial charge < -0.3 is 15.2 Å². The topological polar surface area (TPSA) is 101 Å². The van der Waals surface area contributed by atoms with Gasteiger partial charge in [-0.05, 0) is 46.6 Å². The molecule has 3 N–H and O–H groups in total. The molecule has 1 unspecified atom stereocenters. The second-order valence-electron chi connectivity index (χ2n) is 5.25. The minimum absolute atomic E-state index is 0.188. The molecular formula is C17H18BrN3O4. The Balaban J connectivity index is 1.83. The van der Waals surface area contributed by atoms with E-state index < -0.39 is 12.3 Å². The zero-order valence-electron chi connectivity index (χ0n) is 13.5. The molecule has 0 aliphatic heterocycles. The number of hydrogen-bond donors (Lipinski definition) is 3. The zero-order valence-corrected chi connectivity index (χ0v) is 15.1. The largest absolute Gasteiger partial charge is 0.449 e. The van der Waals surface area contributed by atoms with Gasteiger partial charge >= 0.3 is 6.09 Å².